The molecule has 0 atom stereocenters. The van der Waals surface area contributed by atoms with E-state index in [2.05, 4.69) is 166 Å². The van der Waals surface area contributed by atoms with Gasteiger partial charge in [0.05, 0.1) is 0 Å². The fourth-order valence-electron chi connectivity index (χ4n) is 8.94. The molecular weight excluding hydrogens is 621 g/mol. The molecule has 0 saturated heterocycles. The molecule has 240 valence electrons. The van der Waals surface area contributed by atoms with Gasteiger partial charge in [-0.3, -0.25) is 0 Å². The highest BCUT2D eigenvalue weighted by atomic mass is 16.3. The Hall–Kier alpha value is -6.38. The molecular formula is C49H32O2. The van der Waals surface area contributed by atoms with Crippen molar-refractivity contribution in [3.8, 4) is 44.5 Å². The SMILES string of the molecule is CC1(C)c2ccccc2-c2c1oc1c(-c3c4ccccc4c(-c4cccc5oc6ccccc6c45)c4ccc(-c5ccccc5)cc34)cccc21. The lowest BCUT2D eigenvalue weighted by Gasteiger charge is -2.20. The number of fused-ring (bicyclic) bond motifs is 10. The van der Waals surface area contributed by atoms with Crippen molar-refractivity contribution in [2.45, 2.75) is 19.3 Å². The molecule has 0 saturated carbocycles. The predicted molar refractivity (Wildman–Crippen MR) is 212 cm³/mol. The van der Waals surface area contributed by atoms with E-state index in [1.54, 1.807) is 0 Å². The van der Waals surface area contributed by atoms with E-state index in [4.69, 9.17) is 8.83 Å². The second-order valence-corrected chi connectivity index (χ2v) is 14.4. The third-order valence-electron chi connectivity index (χ3n) is 11.2. The van der Waals surface area contributed by atoms with Crippen LogP contribution in [0.1, 0.15) is 25.2 Å². The van der Waals surface area contributed by atoms with Crippen LogP contribution in [0.25, 0.3) is 99.0 Å². The summed E-state index contributed by atoms with van der Waals surface area (Å²) in [5, 5.41) is 8.22. The van der Waals surface area contributed by atoms with E-state index < -0.39 is 0 Å². The van der Waals surface area contributed by atoms with Crippen molar-refractivity contribution in [2.24, 2.45) is 0 Å². The smallest absolute Gasteiger partial charge is 0.142 e. The number of hydrogen-bond acceptors (Lipinski definition) is 2. The van der Waals surface area contributed by atoms with Crippen molar-refractivity contribution in [3.05, 3.63) is 169 Å². The average molecular weight is 653 g/mol. The van der Waals surface area contributed by atoms with Crippen LogP contribution < -0.4 is 0 Å². The molecule has 2 heterocycles. The zero-order valence-electron chi connectivity index (χ0n) is 28.3. The topological polar surface area (TPSA) is 26.3 Å². The summed E-state index contributed by atoms with van der Waals surface area (Å²) in [6.07, 6.45) is 0. The molecule has 8 aromatic carbocycles. The number of furan rings is 2. The van der Waals surface area contributed by atoms with Crippen molar-refractivity contribution >= 4 is 54.5 Å². The summed E-state index contributed by atoms with van der Waals surface area (Å²) in [5.41, 5.74) is 13.4. The van der Waals surface area contributed by atoms with E-state index in [0.717, 1.165) is 44.2 Å². The maximum absolute atomic E-state index is 7.10. The van der Waals surface area contributed by atoms with Gasteiger partial charge in [0.15, 0.2) is 0 Å². The normalized spacial score (nSPS) is 13.5. The molecule has 1 aliphatic carbocycles. The minimum absolute atomic E-state index is 0.233. The Morgan fingerprint density at radius 3 is 1.84 bits per heavy atom. The fourth-order valence-corrected chi connectivity index (χ4v) is 8.94. The Bertz CT molecular complexity index is 3040. The molecule has 0 spiro atoms. The lowest BCUT2D eigenvalue weighted by molar-refractivity contribution is 0.465. The van der Waals surface area contributed by atoms with Gasteiger partial charge in [0.1, 0.15) is 22.5 Å². The van der Waals surface area contributed by atoms with Gasteiger partial charge in [0.25, 0.3) is 0 Å². The van der Waals surface area contributed by atoms with E-state index >= 15 is 0 Å². The van der Waals surface area contributed by atoms with Crippen molar-refractivity contribution in [3.63, 3.8) is 0 Å². The Morgan fingerprint density at radius 1 is 0.392 bits per heavy atom. The molecule has 0 fully saturated rings. The molecule has 11 rings (SSSR count). The van der Waals surface area contributed by atoms with Crippen molar-refractivity contribution in [1.29, 1.82) is 0 Å². The highest BCUT2D eigenvalue weighted by molar-refractivity contribution is 6.27. The fraction of sp³-hybridized carbons (Fsp3) is 0.0612. The minimum Gasteiger partial charge on any atom is -0.459 e. The summed E-state index contributed by atoms with van der Waals surface area (Å²) in [6, 6.07) is 56.9. The van der Waals surface area contributed by atoms with Gasteiger partial charge in [-0.05, 0) is 87.0 Å². The van der Waals surface area contributed by atoms with E-state index in [1.165, 1.54) is 66.1 Å². The number of rotatable bonds is 3. The minimum atomic E-state index is -0.233. The maximum Gasteiger partial charge on any atom is 0.142 e. The lowest BCUT2D eigenvalue weighted by Crippen LogP contribution is -2.14. The number of hydrogen-bond donors (Lipinski definition) is 0. The Morgan fingerprint density at radius 2 is 1.00 bits per heavy atom. The highest BCUT2D eigenvalue weighted by Gasteiger charge is 2.40. The summed E-state index contributed by atoms with van der Waals surface area (Å²) in [6.45, 7) is 4.57. The van der Waals surface area contributed by atoms with Gasteiger partial charge in [-0.1, -0.05) is 140 Å². The third kappa shape index (κ3) is 3.88. The first-order chi connectivity index (χ1) is 25.1. The molecule has 2 aromatic heterocycles. The standard InChI is InChI=1S/C49H32O2/c1-49(2)40-23-10-8-18-34(40)46-38-22-12-21-37(47(38)51-48(46)49)44-32-17-7-6-16-31(32)43(33-27-26-30(28-39(33)44)29-14-4-3-5-15-29)36-20-13-25-42-45(36)35-19-9-11-24-41(35)50-42/h3-28H,1-2H3. The molecule has 0 amide bonds. The van der Waals surface area contributed by atoms with Crippen LogP contribution in [0.2, 0.25) is 0 Å². The molecule has 2 nitrogen and oxygen atoms in total. The first-order valence-electron chi connectivity index (χ1n) is 17.7. The van der Waals surface area contributed by atoms with Gasteiger partial charge in [-0.2, -0.15) is 0 Å². The van der Waals surface area contributed by atoms with Crippen LogP contribution >= 0.6 is 0 Å². The zero-order valence-corrected chi connectivity index (χ0v) is 28.3. The molecule has 2 heteroatoms. The van der Waals surface area contributed by atoms with E-state index in [1.807, 2.05) is 6.07 Å². The van der Waals surface area contributed by atoms with Crippen LogP contribution in [0.5, 0.6) is 0 Å². The molecule has 0 unspecified atom stereocenters. The van der Waals surface area contributed by atoms with Crippen LogP contribution in [0.3, 0.4) is 0 Å². The van der Waals surface area contributed by atoms with E-state index in [9.17, 15) is 0 Å². The van der Waals surface area contributed by atoms with Crippen molar-refractivity contribution < 1.29 is 8.83 Å². The van der Waals surface area contributed by atoms with Gasteiger partial charge >= 0.3 is 0 Å². The van der Waals surface area contributed by atoms with Crippen LogP contribution in [0, 0.1) is 0 Å². The van der Waals surface area contributed by atoms with Crippen LogP contribution in [-0.2, 0) is 5.41 Å². The summed E-state index contributed by atoms with van der Waals surface area (Å²) < 4.78 is 13.5. The number of benzene rings is 8. The Balaban J connectivity index is 1.30. The van der Waals surface area contributed by atoms with Crippen molar-refractivity contribution in [1.82, 2.24) is 0 Å². The summed E-state index contributed by atoms with van der Waals surface area (Å²) >= 11 is 0. The summed E-state index contributed by atoms with van der Waals surface area (Å²) in [7, 11) is 0. The largest absolute Gasteiger partial charge is 0.459 e. The Kier molecular flexibility index (Phi) is 5.76. The molecule has 51 heavy (non-hydrogen) atoms. The second-order valence-electron chi connectivity index (χ2n) is 14.4. The van der Waals surface area contributed by atoms with Crippen LogP contribution in [-0.4, -0.2) is 0 Å². The highest BCUT2D eigenvalue weighted by Crippen LogP contribution is 2.55. The molecule has 0 N–H and O–H groups in total. The Labute approximate surface area is 295 Å². The van der Waals surface area contributed by atoms with Gasteiger partial charge in [-0.15, -0.1) is 0 Å². The van der Waals surface area contributed by atoms with E-state index in [-0.39, 0.29) is 5.41 Å². The quantitative estimate of drug-likeness (QED) is 0.178. The maximum atomic E-state index is 7.10. The van der Waals surface area contributed by atoms with Crippen LogP contribution in [0.15, 0.2) is 167 Å². The monoisotopic (exact) mass is 652 g/mol. The zero-order chi connectivity index (χ0) is 33.8. The van der Waals surface area contributed by atoms with E-state index in [0.29, 0.717) is 0 Å². The molecule has 0 aliphatic heterocycles. The average Bonchev–Trinajstić information content (AvgIpc) is 3.83. The molecule has 0 bridgehead atoms. The lowest BCUT2D eigenvalue weighted by atomic mass is 9.83. The first-order valence-corrected chi connectivity index (χ1v) is 17.7. The van der Waals surface area contributed by atoms with Gasteiger partial charge in [0.2, 0.25) is 0 Å². The molecule has 10 aromatic rings. The summed E-state index contributed by atoms with van der Waals surface area (Å²) in [5.74, 6) is 1.04. The van der Waals surface area contributed by atoms with Gasteiger partial charge in [-0.25, -0.2) is 0 Å². The molecule has 1 aliphatic rings. The third-order valence-corrected chi connectivity index (χ3v) is 11.2. The predicted octanol–water partition coefficient (Wildman–Crippen LogP) is 13.9. The van der Waals surface area contributed by atoms with Crippen LogP contribution in [0.4, 0.5) is 0 Å². The summed E-state index contributed by atoms with van der Waals surface area (Å²) in [4.78, 5) is 0. The van der Waals surface area contributed by atoms with Gasteiger partial charge < -0.3 is 8.83 Å². The molecule has 0 radical (unpaired) electrons. The number of para-hydroxylation sites is 2. The second kappa shape index (κ2) is 10.3. The first kappa shape index (κ1) is 28.5. The van der Waals surface area contributed by atoms with Gasteiger partial charge in [0, 0.05) is 38.3 Å². The van der Waals surface area contributed by atoms with Crippen molar-refractivity contribution in [2.75, 3.05) is 0 Å².